The standard InChI is InChI=1S/C22H48NO/c1-6-10-11-12-13-14-15-16-17-18-19-20-21-22(5)24-23(7-2,8-3)9-4/h22H,6-21H2,1-5H3/q+1. The molecule has 0 heterocycles. The normalized spacial score (nSPS) is 13.4. The maximum absolute atomic E-state index is 6.32. The van der Waals surface area contributed by atoms with Crippen LogP contribution in [0.15, 0.2) is 0 Å². The first-order valence-electron chi connectivity index (χ1n) is 11.2. The molecule has 0 aliphatic heterocycles. The second kappa shape index (κ2) is 16.4. The molecule has 0 radical (unpaired) electrons. The van der Waals surface area contributed by atoms with Gasteiger partial charge in [-0.3, -0.25) is 0 Å². The largest absolute Gasteiger partial charge is 0.200 e. The molecule has 0 fully saturated rings. The summed E-state index contributed by atoms with van der Waals surface area (Å²) in [6.45, 7) is 14.5. The van der Waals surface area contributed by atoms with E-state index < -0.39 is 0 Å². The van der Waals surface area contributed by atoms with Crippen molar-refractivity contribution in [1.82, 2.24) is 0 Å². The molecule has 0 N–H and O–H groups in total. The van der Waals surface area contributed by atoms with Crippen LogP contribution in [0.1, 0.15) is 118 Å². The molecule has 2 nitrogen and oxygen atoms in total. The van der Waals surface area contributed by atoms with Crippen LogP contribution in [-0.2, 0) is 4.84 Å². The molecule has 24 heavy (non-hydrogen) atoms. The van der Waals surface area contributed by atoms with Gasteiger partial charge in [-0.1, -0.05) is 84.0 Å². The summed E-state index contributed by atoms with van der Waals surface area (Å²) in [5, 5.41) is 0. The molecule has 0 saturated carbocycles. The van der Waals surface area contributed by atoms with E-state index in [1.54, 1.807) is 0 Å². The van der Waals surface area contributed by atoms with E-state index in [2.05, 4.69) is 34.6 Å². The van der Waals surface area contributed by atoms with E-state index in [1.807, 2.05) is 0 Å². The zero-order valence-corrected chi connectivity index (χ0v) is 17.7. The number of hydroxylamine groups is 3. The van der Waals surface area contributed by atoms with Crippen molar-refractivity contribution < 1.29 is 9.48 Å². The molecular formula is C22H48NO+. The Morgan fingerprint density at radius 1 is 0.583 bits per heavy atom. The molecule has 0 spiro atoms. The summed E-state index contributed by atoms with van der Waals surface area (Å²) in [5.41, 5.74) is 0. The van der Waals surface area contributed by atoms with Crippen LogP contribution in [0, 0.1) is 0 Å². The van der Waals surface area contributed by atoms with E-state index in [9.17, 15) is 0 Å². The minimum atomic E-state index is 0.396. The Kier molecular flexibility index (Phi) is 16.3. The Hall–Kier alpha value is -0.0800. The van der Waals surface area contributed by atoms with Gasteiger partial charge in [0.2, 0.25) is 0 Å². The third kappa shape index (κ3) is 12.3. The molecule has 146 valence electrons. The van der Waals surface area contributed by atoms with Crippen molar-refractivity contribution in [3.05, 3.63) is 0 Å². The van der Waals surface area contributed by atoms with Gasteiger partial charge in [-0.15, -0.1) is 0 Å². The molecule has 1 unspecified atom stereocenters. The summed E-state index contributed by atoms with van der Waals surface area (Å²) in [4.78, 5) is 6.32. The van der Waals surface area contributed by atoms with Crippen molar-refractivity contribution in [2.45, 2.75) is 124 Å². The molecule has 0 aromatic heterocycles. The highest BCUT2D eigenvalue weighted by molar-refractivity contribution is 4.52. The molecular weight excluding hydrogens is 294 g/mol. The van der Waals surface area contributed by atoms with Gasteiger partial charge in [-0.25, -0.2) is 0 Å². The van der Waals surface area contributed by atoms with Crippen LogP contribution in [0.2, 0.25) is 0 Å². The van der Waals surface area contributed by atoms with Crippen molar-refractivity contribution in [2.75, 3.05) is 19.6 Å². The topological polar surface area (TPSA) is 9.23 Å². The number of hydrogen-bond donors (Lipinski definition) is 0. The molecule has 2 heteroatoms. The molecule has 0 amide bonds. The quantitative estimate of drug-likeness (QED) is 0.144. The third-order valence-electron chi connectivity index (χ3n) is 5.60. The molecule has 0 aliphatic carbocycles. The predicted octanol–water partition coefficient (Wildman–Crippen LogP) is 7.27. The summed E-state index contributed by atoms with van der Waals surface area (Å²) in [5.74, 6) is 0. The third-order valence-corrected chi connectivity index (χ3v) is 5.60. The zero-order valence-electron chi connectivity index (χ0n) is 17.7. The van der Waals surface area contributed by atoms with E-state index in [0.29, 0.717) is 6.10 Å². The van der Waals surface area contributed by atoms with E-state index >= 15 is 0 Å². The summed E-state index contributed by atoms with van der Waals surface area (Å²) in [6.07, 6.45) is 18.7. The van der Waals surface area contributed by atoms with Gasteiger partial charge in [0.15, 0.2) is 0 Å². The maximum Gasteiger partial charge on any atom is 0.114 e. The molecule has 1 atom stereocenters. The number of unbranched alkanes of at least 4 members (excludes halogenated alkanes) is 11. The van der Waals surface area contributed by atoms with Gasteiger partial charge in [0.1, 0.15) is 25.7 Å². The van der Waals surface area contributed by atoms with Crippen LogP contribution in [-0.4, -0.2) is 30.4 Å². The average molecular weight is 343 g/mol. The number of hydrogen-bond acceptors (Lipinski definition) is 1. The molecule has 0 aromatic rings. The molecule has 0 bridgehead atoms. The van der Waals surface area contributed by atoms with Crippen molar-refractivity contribution >= 4 is 0 Å². The van der Waals surface area contributed by atoms with Crippen LogP contribution in [0.3, 0.4) is 0 Å². The number of quaternary nitrogens is 1. The molecule has 0 saturated heterocycles. The van der Waals surface area contributed by atoms with Gasteiger partial charge in [-0.2, -0.15) is 9.48 Å². The van der Waals surface area contributed by atoms with E-state index in [1.165, 1.54) is 83.5 Å². The van der Waals surface area contributed by atoms with Crippen LogP contribution in [0.25, 0.3) is 0 Å². The summed E-state index contributed by atoms with van der Waals surface area (Å²) in [7, 11) is 0. The first-order chi connectivity index (χ1) is 11.6. The first kappa shape index (κ1) is 23.9. The highest BCUT2D eigenvalue weighted by Gasteiger charge is 2.25. The fourth-order valence-electron chi connectivity index (χ4n) is 3.60. The van der Waals surface area contributed by atoms with Gasteiger partial charge in [-0.05, 0) is 34.1 Å². The molecule has 0 rings (SSSR count). The number of rotatable bonds is 18. The Bertz CT molecular complexity index is 242. The van der Waals surface area contributed by atoms with Gasteiger partial charge in [0.25, 0.3) is 0 Å². The monoisotopic (exact) mass is 342 g/mol. The van der Waals surface area contributed by atoms with E-state index in [-0.39, 0.29) is 0 Å². The van der Waals surface area contributed by atoms with Crippen molar-refractivity contribution in [3.8, 4) is 0 Å². The molecule has 0 aliphatic rings. The van der Waals surface area contributed by atoms with Crippen LogP contribution in [0.4, 0.5) is 0 Å². The van der Waals surface area contributed by atoms with Crippen molar-refractivity contribution in [3.63, 3.8) is 0 Å². The lowest BCUT2D eigenvalue weighted by Crippen LogP contribution is -2.49. The van der Waals surface area contributed by atoms with Gasteiger partial charge < -0.3 is 0 Å². The van der Waals surface area contributed by atoms with Crippen LogP contribution < -0.4 is 0 Å². The Labute approximate surface area is 153 Å². The van der Waals surface area contributed by atoms with Crippen molar-refractivity contribution in [2.24, 2.45) is 0 Å². The highest BCUT2D eigenvalue weighted by atomic mass is 16.7. The Morgan fingerprint density at radius 2 is 0.958 bits per heavy atom. The minimum absolute atomic E-state index is 0.396. The average Bonchev–Trinajstić information content (AvgIpc) is 2.60. The number of nitrogens with zero attached hydrogens (tertiary/aromatic N) is 1. The van der Waals surface area contributed by atoms with Crippen LogP contribution in [0.5, 0.6) is 0 Å². The van der Waals surface area contributed by atoms with E-state index in [4.69, 9.17) is 4.84 Å². The summed E-state index contributed by atoms with van der Waals surface area (Å²) < 4.78 is 0.819. The van der Waals surface area contributed by atoms with Gasteiger partial charge in [0.05, 0.1) is 0 Å². The maximum atomic E-state index is 6.32. The van der Waals surface area contributed by atoms with Gasteiger partial charge in [0, 0.05) is 0 Å². The fraction of sp³-hybridized carbons (Fsp3) is 1.00. The Balaban J connectivity index is 3.43. The smallest absolute Gasteiger partial charge is 0.114 e. The second-order valence-electron chi connectivity index (χ2n) is 7.60. The lowest BCUT2D eigenvalue weighted by Gasteiger charge is -2.35. The van der Waals surface area contributed by atoms with Crippen LogP contribution >= 0.6 is 0 Å². The van der Waals surface area contributed by atoms with Crippen molar-refractivity contribution in [1.29, 1.82) is 0 Å². The zero-order chi connectivity index (χ0) is 18.1. The second-order valence-corrected chi connectivity index (χ2v) is 7.60. The van der Waals surface area contributed by atoms with Gasteiger partial charge >= 0.3 is 0 Å². The lowest BCUT2D eigenvalue weighted by atomic mass is 10.0. The lowest BCUT2D eigenvalue weighted by molar-refractivity contribution is -1.11. The molecule has 0 aromatic carbocycles. The first-order valence-corrected chi connectivity index (χ1v) is 11.2. The fourth-order valence-corrected chi connectivity index (χ4v) is 3.60. The Morgan fingerprint density at radius 3 is 1.33 bits per heavy atom. The predicted molar refractivity (Wildman–Crippen MR) is 108 cm³/mol. The summed E-state index contributed by atoms with van der Waals surface area (Å²) in [6, 6.07) is 0. The summed E-state index contributed by atoms with van der Waals surface area (Å²) >= 11 is 0. The highest BCUT2D eigenvalue weighted by Crippen LogP contribution is 2.16. The van der Waals surface area contributed by atoms with E-state index in [0.717, 1.165) is 24.3 Å². The minimum Gasteiger partial charge on any atom is -0.200 e. The SMILES string of the molecule is CCCCCCCCCCCCCCC(C)O[N+](CC)(CC)CC.